The van der Waals surface area contributed by atoms with E-state index < -0.39 is 4.92 Å². The maximum atomic E-state index is 10.7. The van der Waals surface area contributed by atoms with Crippen molar-refractivity contribution >= 4 is 5.69 Å². The second-order valence-electron chi connectivity index (χ2n) is 3.76. The molecule has 6 heteroatoms. The van der Waals surface area contributed by atoms with Crippen LogP contribution in [0.2, 0.25) is 0 Å². The molecule has 0 aromatic heterocycles. The first-order valence-electron chi connectivity index (χ1n) is 5.36. The Kier molecular flexibility index (Phi) is 3.55. The third-order valence-electron chi connectivity index (χ3n) is 2.72. The lowest BCUT2D eigenvalue weighted by Gasteiger charge is -2.25. The number of hydrogen-bond acceptors (Lipinski definition) is 5. The van der Waals surface area contributed by atoms with Crippen molar-refractivity contribution in [3.63, 3.8) is 0 Å². The van der Waals surface area contributed by atoms with Gasteiger partial charge in [-0.05, 0) is 6.07 Å². The van der Waals surface area contributed by atoms with Crippen molar-refractivity contribution in [2.75, 3.05) is 26.9 Å². The number of methoxy groups -OCH3 is 1. The summed E-state index contributed by atoms with van der Waals surface area (Å²) in [5.74, 6) is 0.516. The molecule has 1 N–H and O–H groups in total. The van der Waals surface area contributed by atoms with Crippen LogP contribution in [0.4, 0.5) is 5.69 Å². The highest BCUT2D eigenvalue weighted by atomic mass is 16.6. The molecule has 17 heavy (non-hydrogen) atoms. The van der Waals surface area contributed by atoms with E-state index >= 15 is 0 Å². The zero-order valence-corrected chi connectivity index (χ0v) is 9.51. The summed E-state index contributed by atoms with van der Waals surface area (Å²) in [7, 11) is 1.51. The molecule has 1 aromatic rings. The fraction of sp³-hybridized carbons (Fsp3) is 0.455. The van der Waals surface area contributed by atoms with E-state index in [1.165, 1.54) is 19.2 Å². The van der Waals surface area contributed by atoms with Gasteiger partial charge in [-0.25, -0.2) is 0 Å². The summed E-state index contributed by atoms with van der Waals surface area (Å²) in [6, 6.07) is 4.66. The molecule has 2 rings (SSSR count). The normalized spacial score (nSPS) is 19.9. The van der Waals surface area contributed by atoms with Gasteiger partial charge in [0.05, 0.1) is 37.4 Å². The molecule has 1 unspecified atom stereocenters. The number of nitro benzene ring substituents is 1. The number of ether oxygens (including phenoxy) is 2. The molecule has 92 valence electrons. The minimum absolute atomic E-state index is 0.0273. The Hall–Kier alpha value is -1.66. The predicted octanol–water partition coefficient (Wildman–Crippen LogP) is 1.26. The molecule has 1 aliphatic heterocycles. The summed E-state index contributed by atoms with van der Waals surface area (Å²) in [4.78, 5) is 10.2. The van der Waals surface area contributed by atoms with Gasteiger partial charge < -0.3 is 14.8 Å². The number of nitrogens with one attached hydrogen (secondary N) is 1. The second kappa shape index (κ2) is 5.11. The molecule has 1 heterocycles. The Morgan fingerprint density at radius 1 is 1.59 bits per heavy atom. The first kappa shape index (κ1) is 11.8. The van der Waals surface area contributed by atoms with Crippen LogP contribution in [0.5, 0.6) is 5.75 Å². The Morgan fingerprint density at radius 3 is 3.00 bits per heavy atom. The molecule has 1 fully saturated rings. The van der Waals surface area contributed by atoms with Gasteiger partial charge in [-0.3, -0.25) is 10.1 Å². The monoisotopic (exact) mass is 238 g/mol. The number of nitrogens with zero attached hydrogens (tertiary/aromatic N) is 1. The van der Waals surface area contributed by atoms with E-state index in [4.69, 9.17) is 9.47 Å². The largest absolute Gasteiger partial charge is 0.496 e. The lowest BCUT2D eigenvalue weighted by Crippen LogP contribution is -2.34. The Morgan fingerprint density at radius 2 is 2.41 bits per heavy atom. The molecule has 1 aliphatic rings. The van der Waals surface area contributed by atoms with Crippen LogP contribution in [-0.4, -0.2) is 31.8 Å². The average Bonchev–Trinajstić information content (AvgIpc) is 2.39. The van der Waals surface area contributed by atoms with E-state index in [1.807, 2.05) is 0 Å². The van der Waals surface area contributed by atoms with E-state index in [1.54, 1.807) is 6.07 Å². The molecular weight excluding hydrogens is 224 g/mol. The third kappa shape index (κ3) is 2.54. The number of non-ortho nitro benzene ring substituents is 1. The summed E-state index contributed by atoms with van der Waals surface area (Å²) in [6.45, 7) is 2.00. The molecular formula is C11H14N2O4. The van der Waals surface area contributed by atoms with Crippen LogP contribution < -0.4 is 10.1 Å². The van der Waals surface area contributed by atoms with Gasteiger partial charge in [0.15, 0.2) is 0 Å². The summed E-state index contributed by atoms with van der Waals surface area (Å²) in [5, 5.41) is 14.0. The lowest BCUT2D eigenvalue weighted by molar-refractivity contribution is -0.384. The topological polar surface area (TPSA) is 73.6 Å². The third-order valence-corrected chi connectivity index (χ3v) is 2.72. The standard InChI is InChI=1S/C11H14N2O4/c1-16-11-6-8(13(14)15)2-3-9(11)10-7-17-5-4-12-10/h2-3,6,10,12H,4-5,7H2,1H3. The molecule has 6 nitrogen and oxygen atoms in total. The summed E-state index contributed by atoms with van der Waals surface area (Å²) in [5.41, 5.74) is 0.917. The smallest absolute Gasteiger partial charge is 0.273 e. The van der Waals surface area contributed by atoms with Crippen LogP contribution in [0, 0.1) is 10.1 Å². The van der Waals surface area contributed by atoms with E-state index in [2.05, 4.69) is 5.32 Å². The van der Waals surface area contributed by atoms with E-state index in [9.17, 15) is 10.1 Å². The predicted molar refractivity (Wildman–Crippen MR) is 61.2 cm³/mol. The second-order valence-corrected chi connectivity index (χ2v) is 3.76. The number of rotatable bonds is 3. The summed E-state index contributed by atoms with van der Waals surface area (Å²) in [6.07, 6.45) is 0. The highest BCUT2D eigenvalue weighted by Crippen LogP contribution is 2.30. The van der Waals surface area contributed by atoms with Crippen molar-refractivity contribution in [1.29, 1.82) is 0 Å². The summed E-state index contributed by atoms with van der Waals surface area (Å²) < 4.78 is 10.6. The van der Waals surface area contributed by atoms with Crippen LogP contribution in [0.25, 0.3) is 0 Å². The first-order chi connectivity index (χ1) is 8.22. The van der Waals surface area contributed by atoms with Crippen molar-refractivity contribution in [2.45, 2.75) is 6.04 Å². The van der Waals surface area contributed by atoms with Gasteiger partial charge in [0.25, 0.3) is 5.69 Å². The average molecular weight is 238 g/mol. The number of hydrogen-bond donors (Lipinski definition) is 1. The van der Waals surface area contributed by atoms with E-state index in [0.717, 1.165) is 12.1 Å². The van der Waals surface area contributed by atoms with Crippen LogP contribution >= 0.6 is 0 Å². The fourth-order valence-electron chi connectivity index (χ4n) is 1.87. The molecule has 1 aromatic carbocycles. The first-order valence-corrected chi connectivity index (χ1v) is 5.36. The highest BCUT2D eigenvalue weighted by molar-refractivity contribution is 5.46. The summed E-state index contributed by atoms with van der Waals surface area (Å²) >= 11 is 0. The van der Waals surface area contributed by atoms with Gasteiger partial charge in [-0.15, -0.1) is 0 Å². The quantitative estimate of drug-likeness (QED) is 0.634. The SMILES string of the molecule is COc1cc([N+](=O)[O-])ccc1C1COCCN1. The number of benzene rings is 1. The van der Waals surface area contributed by atoms with Gasteiger partial charge in [0, 0.05) is 18.2 Å². The van der Waals surface area contributed by atoms with Crippen molar-refractivity contribution in [3.8, 4) is 5.75 Å². The molecule has 0 radical (unpaired) electrons. The Bertz CT molecular complexity index is 416. The van der Waals surface area contributed by atoms with Crippen LogP contribution in [0.15, 0.2) is 18.2 Å². The minimum atomic E-state index is -0.433. The van der Waals surface area contributed by atoms with Crippen molar-refractivity contribution < 1.29 is 14.4 Å². The lowest BCUT2D eigenvalue weighted by atomic mass is 10.0. The van der Waals surface area contributed by atoms with Crippen LogP contribution in [-0.2, 0) is 4.74 Å². The molecule has 0 aliphatic carbocycles. The van der Waals surface area contributed by atoms with Gasteiger partial charge in [-0.1, -0.05) is 0 Å². The minimum Gasteiger partial charge on any atom is -0.496 e. The maximum Gasteiger partial charge on any atom is 0.273 e. The fourth-order valence-corrected chi connectivity index (χ4v) is 1.87. The highest BCUT2D eigenvalue weighted by Gasteiger charge is 2.21. The van der Waals surface area contributed by atoms with Gasteiger partial charge in [0.1, 0.15) is 5.75 Å². The number of nitro groups is 1. The molecule has 0 spiro atoms. The molecule has 1 atom stereocenters. The Balaban J connectivity index is 2.29. The maximum absolute atomic E-state index is 10.7. The van der Waals surface area contributed by atoms with Crippen molar-refractivity contribution in [1.82, 2.24) is 5.32 Å². The van der Waals surface area contributed by atoms with Crippen LogP contribution in [0.3, 0.4) is 0 Å². The zero-order valence-electron chi connectivity index (χ0n) is 9.51. The van der Waals surface area contributed by atoms with Gasteiger partial charge in [0.2, 0.25) is 0 Å². The van der Waals surface area contributed by atoms with Crippen molar-refractivity contribution in [2.24, 2.45) is 0 Å². The Labute approximate surface area is 98.7 Å². The molecule has 0 saturated carbocycles. The molecule has 0 bridgehead atoms. The number of morpholine rings is 1. The van der Waals surface area contributed by atoms with Crippen molar-refractivity contribution in [3.05, 3.63) is 33.9 Å². The van der Waals surface area contributed by atoms with Gasteiger partial charge in [-0.2, -0.15) is 0 Å². The van der Waals surface area contributed by atoms with Gasteiger partial charge >= 0.3 is 0 Å². The van der Waals surface area contributed by atoms with E-state index in [-0.39, 0.29) is 11.7 Å². The van der Waals surface area contributed by atoms with Crippen LogP contribution in [0.1, 0.15) is 11.6 Å². The van der Waals surface area contributed by atoms with E-state index in [0.29, 0.717) is 19.0 Å². The zero-order chi connectivity index (χ0) is 12.3. The molecule has 0 amide bonds. The molecule has 1 saturated heterocycles.